The number of anilines is 1. The normalized spacial score (nSPS) is 16.0. The highest BCUT2D eigenvalue weighted by molar-refractivity contribution is 7.21. The molecule has 0 saturated carbocycles. The van der Waals surface area contributed by atoms with E-state index in [0.29, 0.717) is 51.1 Å². The predicted molar refractivity (Wildman–Crippen MR) is 174 cm³/mol. The second-order valence-corrected chi connectivity index (χ2v) is 12.1. The first kappa shape index (κ1) is 32.9. The lowest BCUT2D eigenvalue weighted by Crippen LogP contribution is -2.50. The lowest BCUT2D eigenvalue weighted by Gasteiger charge is -2.34. The van der Waals surface area contributed by atoms with Crippen LogP contribution >= 0.6 is 11.3 Å². The van der Waals surface area contributed by atoms with Crippen LogP contribution in [0.4, 0.5) is 14.9 Å². The third-order valence-corrected chi connectivity index (χ3v) is 8.69. The second kappa shape index (κ2) is 14.0. The van der Waals surface area contributed by atoms with Gasteiger partial charge in [0.1, 0.15) is 33.3 Å². The molecule has 14 nitrogen and oxygen atoms in total. The molecule has 2 N–H and O–H groups in total. The lowest BCUT2D eigenvalue weighted by molar-refractivity contribution is -0.0186. The van der Waals surface area contributed by atoms with Crippen molar-refractivity contribution >= 4 is 50.4 Å². The Labute approximate surface area is 277 Å². The molecular weight excluding hydrogens is 645 g/mol. The molecule has 1 fully saturated rings. The van der Waals surface area contributed by atoms with Gasteiger partial charge in [0, 0.05) is 18.2 Å². The van der Waals surface area contributed by atoms with Crippen molar-refractivity contribution in [3.8, 4) is 22.3 Å². The molecule has 0 aliphatic carbocycles. The number of aryl methyl sites for hydroxylation is 1. The van der Waals surface area contributed by atoms with Gasteiger partial charge < -0.3 is 29.0 Å². The summed E-state index contributed by atoms with van der Waals surface area (Å²) >= 11 is 1.26. The van der Waals surface area contributed by atoms with Gasteiger partial charge in [0.25, 0.3) is 11.8 Å². The van der Waals surface area contributed by atoms with Crippen molar-refractivity contribution < 1.29 is 38.0 Å². The van der Waals surface area contributed by atoms with E-state index in [1.165, 1.54) is 53.9 Å². The number of aromatic nitrogens is 5. The largest absolute Gasteiger partial charge is 0.480 e. The minimum Gasteiger partial charge on any atom is -0.480 e. The molecule has 1 unspecified atom stereocenters. The summed E-state index contributed by atoms with van der Waals surface area (Å²) in [6, 6.07) is 7.62. The number of ether oxygens (including phenoxy) is 4. The van der Waals surface area contributed by atoms with Crippen LogP contribution < -0.4 is 14.8 Å². The number of methoxy groups -OCH3 is 1. The highest BCUT2D eigenvalue weighted by atomic mass is 32.1. The Kier molecular flexibility index (Phi) is 9.56. The van der Waals surface area contributed by atoms with Gasteiger partial charge in [-0.05, 0) is 50.6 Å². The predicted octanol–water partition coefficient (Wildman–Crippen LogP) is 4.39. The number of benzene rings is 1. The highest BCUT2D eigenvalue weighted by Gasteiger charge is 2.28. The minimum absolute atomic E-state index is 0.158. The van der Waals surface area contributed by atoms with Crippen LogP contribution in [-0.2, 0) is 9.47 Å². The van der Waals surface area contributed by atoms with Crippen molar-refractivity contribution in [3.63, 3.8) is 0 Å². The number of nitrogens with one attached hydrogen (secondary N) is 1. The third-order valence-electron chi connectivity index (χ3n) is 7.69. The molecular formula is C32H32FN7O7S. The van der Waals surface area contributed by atoms with Crippen molar-refractivity contribution in [3.05, 3.63) is 59.8 Å². The fraction of sp³-hybridized carbons (Fsp3) is 0.344. The summed E-state index contributed by atoms with van der Waals surface area (Å²) in [6.07, 6.45) is 0.474. The van der Waals surface area contributed by atoms with Crippen LogP contribution in [0.5, 0.6) is 11.8 Å². The van der Waals surface area contributed by atoms with E-state index in [9.17, 15) is 14.7 Å². The molecule has 0 radical (unpaired) electrons. The molecule has 1 aliphatic heterocycles. The molecule has 48 heavy (non-hydrogen) atoms. The Morgan fingerprint density at radius 3 is 2.71 bits per heavy atom. The average molecular weight is 678 g/mol. The minimum atomic E-state index is -0.807. The fourth-order valence-electron chi connectivity index (χ4n) is 5.03. The first-order chi connectivity index (χ1) is 23.1. The molecule has 250 valence electrons. The van der Waals surface area contributed by atoms with Gasteiger partial charge in [-0.2, -0.15) is 4.98 Å². The third kappa shape index (κ3) is 6.95. The summed E-state index contributed by atoms with van der Waals surface area (Å²) < 4.78 is 36.9. The SMILES string of the molecule is COc1cnc2c(-c3nc4cc(F)c(O[C@@H](C)[C@@H](C)OC(=O)Nc5ccc(C(=O)N6CCOCC6CO)nc5)nc4s3)cc(C)cc2n1. The summed E-state index contributed by atoms with van der Waals surface area (Å²) in [6.45, 7) is 5.89. The topological polar surface area (TPSA) is 171 Å². The summed E-state index contributed by atoms with van der Waals surface area (Å²) in [4.78, 5) is 49.5. The van der Waals surface area contributed by atoms with Crippen LogP contribution in [0, 0.1) is 12.7 Å². The number of nitrogens with zero attached hydrogens (tertiary/aromatic N) is 6. The van der Waals surface area contributed by atoms with Gasteiger partial charge in [-0.3, -0.25) is 10.1 Å². The summed E-state index contributed by atoms with van der Waals surface area (Å²) in [5.74, 6) is -0.934. The standard InChI is InChI=1S/C32H32FN7O7S/c1-16-9-21(27-24(10-16)37-26(44-4)13-35-27)29-38-25-11-22(33)28(39-30(25)48-29)46-17(2)18(3)47-32(43)36-19-5-6-23(34-12-19)31(42)40-7-8-45-15-20(40)14-41/h5-6,9-13,17-18,20,41H,7-8,14-15H2,1-4H3,(H,36,43)/t17-,18+,20?/m0/s1. The smallest absolute Gasteiger partial charge is 0.412 e. The maximum atomic E-state index is 15.1. The molecule has 16 heteroatoms. The number of carbonyl (C=O) groups excluding carboxylic acids is 2. The number of aliphatic hydroxyl groups excluding tert-OH is 1. The maximum absolute atomic E-state index is 15.1. The number of carbonyl (C=O) groups is 2. The first-order valence-corrected chi connectivity index (χ1v) is 15.8. The number of amides is 2. The summed E-state index contributed by atoms with van der Waals surface area (Å²) in [5.41, 5.74) is 3.75. The molecule has 3 atom stereocenters. The van der Waals surface area contributed by atoms with Crippen LogP contribution in [0.2, 0.25) is 0 Å². The fourth-order valence-corrected chi connectivity index (χ4v) is 5.96. The molecule has 2 amide bonds. The van der Waals surface area contributed by atoms with Crippen molar-refractivity contribution in [1.29, 1.82) is 0 Å². The summed E-state index contributed by atoms with van der Waals surface area (Å²) in [7, 11) is 1.52. The number of thiazole rings is 1. The Morgan fingerprint density at radius 1 is 1.12 bits per heavy atom. The van der Waals surface area contributed by atoms with Crippen molar-refractivity contribution in [2.45, 2.75) is 39.0 Å². The molecule has 0 spiro atoms. The van der Waals surface area contributed by atoms with E-state index >= 15 is 4.39 Å². The highest BCUT2D eigenvalue weighted by Crippen LogP contribution is 2.35. The molecule has 1 saturated heterocycles. The van der Waals surface area contributed by atoms with Gasteiger partial charge in [-0.15, -0.1) is 0 Å². The Morgan fingerprint density at radius 2 is 1.96 bits per heavy atom. The number of hydrogen-bond acceptors (Lipinski definition) is 13. The molecule has 1 aliphatic rings. The van der Waals surface area contributed by atoms with Crippen LogP contribution in [0.1, 0.15) is 29.9 Å². The molecule has 0 bridgehead atoms. The Bertz CT molecular complexity index is 1980. The van der Waals surface area contributed by atoms with Crippen molar-refractivity contribution in [2.75, 3.05) is 38.8 Å². The molecule has 4 aromatic heterocycles. The van der Waals surface area contributed by atoms with Crippen LogP contribution in [0.15, 0.2) is 42.7 Å². The lowest BCUT2D eigenvalue weighted by atomic mass is 10.1. The van der Waals surface area contributed by atoms with E-state index in [4.69, 9.17) is 18.9 Å². The number of pyridine rings is 2. The van der Waals surface area contributed by atoms with E-state index in [1.807, 2.05) is 19.1 Å². The van der Waals surface area contributed by atoms with Gasteiger partial charge in [-0.25, -0.2) is 29.1 Å². The Balaban J connectivity index is 1.10. The first-order valence-electron chi connectivity index (χ1n) is 15.0. The number of rotatable bonds is 9. The van der Waals surface area contributed by atoms with Crippen molar-refractivity contribution in [1.82, 2.24) is 29.8 Å². The van der Waals surface area contributed by atoms with E-state index in [1.54, 1.807) is 13.8 Å². The molecule has 5 aromatic rings. The number of morpholine rings is 1. The van der Waals surface area contributed by atoms with Crippen LogP contribution in [0.3, 0.4) is 0 Å². The van der Waals surface area contributed by atoms with Crippen LogP contribution in [0.25, 0.3) is 32.0 Å². The number of halogens is 1. The summed E-state index contributed by atoms with van der Waals surface area (Å²) in [5, 5.41) is 12.7. The number of hydrogen-bond donors (Lipinski definition) is 2. The zero-order valence-corrected chi connectivity index (χ0v) is 27.3. The van der Waals surface area contributed by atoms with E-state index in [0.717, 1.165) is 11.1 Å². The zero-order chi connectivity index (χ0) is 33.9. The molecule has 1 aromatic carbocycles. The van der Waals surface area contributed by atoms with Gasteiger partial charge in [0.05, 0.1) is 62.1 Å². The number of aliphatic hydroxyl groups is 1. The van der Waals surface area contributed by atoms with Gasteiger partial charge in [0.15, 0.2) is 5.82 Å². The molecule has 6 rings (SSSR count). The Hall–Kier alpha value is -5.06. The van der Waals surface area contributed by atoms with Gasteiger partial charge in [0.2, 0.25) is 5.88 Å². The van der Waals surface area contributed by atoms with E-state index in [-0.39, 0.29) is 30.7 Å². The quantitative estimate of drug-likeness (QED) is 0.226. The maximum Gasteiger partial charge on any atom is 0.412 e. The number of fused-ring (bicyclic) bond motifs is 2. The van der Waals surface area contributed by atoms with Crippen molar-refractivity contribution in [2.24, 2.45) is 0 Å². The van der Waals surface area contributed by atoms with Gasteiger partial charge in [-0.1, -0.05) is 11.3 Å². The second-order valence-electron chi connectivity index (χ2n) is 11.1. The molecule has 5 heterocycles. The average Bonchev–Trinajstić information content (AvgIpc) is 3.49. The van der Waals surface area contributed by atoms with E-state index in [2.05, 4.69) is 30.2 Å². The van der Waals surface area contributed by atoms with Gasteiger partial charge >= 0.3 is 6.09 Å². The monoisotopic (exact) mass is 677 g/mol. The van der Waals surface area contributed by atoms with Crippen LogP contribution in [-0.4, -0.2) is 98.7 Å². The zero-order valence-electron chi connectivity index (χ0n) is 26.5. The van der Waals surface area contributed by atoms with E-state index < -0.39 is 30.2 Å².